The Balaban J connectivity index is 1.50. The summed E-state index contributed by atoms with van der Waals surface area (Å²) in [6.07, 6.45) is 4.40. The molecule has 9 nitrogen and oxygen atoms in total. The van der Waals surface area contributed by atoms with Gasteiger partial charge in [0.05, 0.1) is 11.3 Å². The molecule has 2 heterocycles. The molecule has 1 aromatic carbocycles. The molecule has 1 aliphatic heterocycles. The summed E-state index contributed by atoms with van der Waals surface area (Å²) in [7, 11) is 0. The number of nitrogens with one attached hydrogen (secondary N) is 2. The Kier molecular flexibility index (Phi) is 5.93. The SMILES string of the molecule is CC(=O)N1CCC(NC(=O)COC(=O)c2cccc(-n3cc[nH]c3=O)c2)CC1. The van der Waals surface area contributed by atoms with Crippen LogP contribution in [0.5, 0.6) is 0 Å². The zero-order chi connectivity index (χ0) is 20.1. The fraction of sp³-hybridized carbons (Fsp3) is 0.368. The van der Waals surface area contributed by atoms with Crippen LogP contribution in [0.2, 0.25) is 0 Å². The molecule has 0 aliphatic carbocycles. The van der Waals surface area contributed by atoms with Crippen molar-refractivity contribution in [1.82, 2.24) is 19.8 Å². The maximum absolute atomic E-state index is 12.2. The third kappa shape index (κ3) is 4.67. The maximum atomic E-state index is 12.2. The molecule has 0 atom stereocenters. The average molecular weight is 386 g/mol. The lowest BCUT2D eigenvalue weighted by atomic mass is 10.1. The van der Waals surface area contributed by atoms with Crippen molar-refractivity contribution >= 4 is 17.8 Å². The number of carbonyl (C=O) groups excluding carboxylic acids is 3. The lowest BCUT2D eigenvalue weighted by Crippen LogP contribution is -2.46. The first-order chi connectivity index (χ1) is 13.4. The molecule has 2 amide bonds. The Morgan fingerprint density at radius 2 is 2.00 bits per heavy atom. The Labute approximate surface area is 161 Å². The molecule has 1 aromatic heterocycles. The van der Waals surface area contributed by atoms with Gasteiger partial charge < -0.3 is 19.9 Å². The van der Waals surface area contributed by atoms with Gasteiger partial charge in [0.15, 0.2) is 6.61 Å². The first kappa shape index (κ1) is 19.4. The summed E-state index contributed by atoms with van der Waals surface area (Å²) in [5, 5.41) is 2.82. The normalized spacial score (nSPS) is 14.5. The molecule has 2 N–H and O–H groups in total. The lowest BCUT2D eigenvalue weighted by molar-refractivity contribution is -0.130. The van der Waals surface area contributed by atoms with Gasteiger partial charge >= 0.3 is 11.7 Å². The average Bonchev–Trinajstić information content (AvgIpc) is 3.12. The molecule has 0 radical (unpaired) electrons. The van der Waals surface area contributed by atoms with Crippen molar-refractivity contribution in [2.75, 3.05) is 19.7 Å². The number of piperidine rings is 1. The summed E-state index contributed by atoms with van der Waals surface area (Å²) in [4.78, 5) is 51.5. The van der Waals surface area contributed by atoms with Crippen molar-refractivity contribution in [3.8, 4) is 5.69 Å². The van der Waals surface area contributed by atoms with Gasteiger partial charge in [-0.2, -0.15) is 0 Å². The van der Waals surface area contributed by atoms with E-state index in [0.717, 1.165) is 0 Å². The molecule has 1 fully saturated rings. The van der Waals surface area contributed by atoms with Crippen LogP contribution in [0.3, 0.4) is 0 Å². The van der Waals surface area contributed by atoms with E-state index in [1.54, 1.807) is 29.3 Å². The van der Waals surface area contributed by atoms with Gasteiger partial charge in [-0.3, -0.25) is 14.2 Å². The Morgan fingerprint density at radius 3 is 2.64 bits per heavy atom. The minimum atomic E-state index is -0.646. The first-order valence-corrected chi connectivity index (χ1v) is 9.02. The van der Waals surface area contributed by atoms with Gasteiger partial charge in [-0.05, 0) is 31.0 Å². The number of benzene rings is 1. The van der Waals surface area contributed by atoms with Crippen LogP contribution in [-0.2, 0) is 14.3 Å². The number of likely N-dealkylation sites (tertiary alicyclic amines) is 1. The van der Waals surface area contributed by atoms with E-state index in [9.17, 15) is 19.2 Å². The molecular formula is C19H22N4O5. The van der Waals surface area contributed by atoms with Crippen LogP contribution in [0.1, 0.15) is 30.1 Å². The predicted octanol–water partition coefficient (Wildman–Crippen LogP) is 0.450. The summed E-state index contributed by atoms with van der Waals surface area (Å²) < 4.78 is 6.44. The number of hydrogen-bond donors (Lipinski definition) is 2. The minimum absolute atomic E-state index is 0.0304. The first-order valence-electron chi connectivity index (χ1n) is 9.02. The fourth-order valence-electron chi connectivity index (χ4n) is 3.13. The van der Waals surface area contributed by atoms with Crippen molar-refractivity contribution in [2.24, 2.45) is 0 Å². The number of nitrogens with zero attached hydrogens (tertiary/aromatic N) is 2. The van der Waals surface area contributed by atoms with Crippen LogP contribution in [0, 0.1) is 0 Å². The number of imidazole rings is 1. The number of aromatic nitrogens is 2. The predicted molar refractivity (Wildman–Crippen MR) is 100 cm³/mol. The summed E-state index contributed by atoms with van der Waals surface area (Å²) in [5.41, 5.74) is 0.441. The summed E-state index contributed by atoms with van der Waals surface area (Å²) in [6, 6.07) is 6.36. The molecule has 3 rings (SSSR count). The smallest absolute Gasteiger partial charge is 0.338 e. The number of esters is 1. The van der Waals surface area contributed by atoms with Crippen LogP contribution in [0.15, 0.2) is 41.5 Å². The van der Waals surface area contributed by atoms with Gasteiger partial charge in [0, 0.05) is 38.4 Å². The van der Waals surface area contributed by atoms with E-state index in [4.69, 9.17) is 4.74 Å². The number of hydrogen-bond acceptors (Lipinski definition) is 5. The lowest BCUT2D eigenvalue weighted by Gasteiger charge is -2.31. The zero-order valence-electron chi connectivity index (χ0n) is 15.5. The third-order valence-corrected chi connectivity index (χ3v) is 4.65. The second-order valence-corrected chi connectivity index (χ2v) is 6.61. The molecule has 2 aromatic rings. The standard InChI is InChI=1S/C19H22N4O5/c1-13(24)22-8-5-15(6-9-22)21-17(25)12-28-18(26)14-3-2-4-16(11-14)23-10-7-20-19(23)27/h2-4,7,10-11,15H,5-6,8-9,12H2,1H3,(H,20,27)(H,21,25). The summed E-state index contributed by atoms with van der Waals surface area (Å²) in [5.74, 6) is -0.998. The number of carbonyl (C=O) groups is 3. The topological polar surface area (TPSA) is 114 Å². The van der Waals surface area contributed by atoms with Gasteiger partial charge in [-0.15, -0.1) is 0 Å². The Hall–Kier alpha value is -3.36. The van der Waals surface area contributed by atoms with Crippen LogP contribution in [0.25, 0.3) is 5.69 Å². The molecule has 28 heavy (non-hydrogen) atoms. The molecular weight excluding hydrogens is 364 g/mol. The quantitative estimate of drug-likeness (QED) is 0.725. The number of rotatable bonds is 5. The number of amides is 2. The van der Waals surface area contributed by atoms with Gasteiger partial charge in [-0.25, -0.2) is 9.59 Å². The van der Waals surface area contributed by atoms with Crippen LogP contribution < -0.4 is 11.0 Å². The number of aromatic amines is 1. The van der Waals surface area contributed by atoms with E-state index >= 15 is 0 Å². The largest absolute Gasteiger partial charge is 0.452 e. The highest BCUT2D eigenvalue weighted by molar-refractivity contribution is 5.91. The van der Waals surface area contributed by atoms with E-state index < -0.39 is 5.97 Å². The summed E-state index contributed by atoms with van der Waals surface area (Å²) in [6.45, 7) is 2.34. The summed E-state index contributed by atoms with van der Waals surface area (Å²) >= 11 is 0. The van der Waals surface area contributed by atoms with Crippen LogP contribution >= 0.6 is 0 Å². The van der Waals surface area contributed by atoms with Crippen molar-refractivity contribution in [2.45, 2.75) is 25.8 Å². The van der Waals surface area contributed by atoms with Crippen molar-refractivity contribution in [3.63, 3.8) is 0 Å². The van der Waals surface area contributed by atoms with Gasteiger partial charge in [0.1, 0.15) is 0 Å². The van der Waals surface area contributed by atoms with Gasteiger partial charge in [-0.1, -0.05) is 6.07 Å². The zero-order valence-corrected chi connectivity index (χ0v) is 15.5. The second kappa shape index (κ2) is 8.55. The van der Waals surface area contributed by atoms with E-state index in [-0.39, 0.29) is 35.7 Å². The molecule has 148 valence electrons. The second-order valence-electron chi connectivity index (χ2n) is 6.61. The Morgan fingerprint density at radius 1 is 1.25 bits per heavy atom. The minimum Gasteiger partial charge on any atom is -0.452 e. The maximum Gasteiger partial charge on any atom is 0.338 e. The van der Waals surface area contributed by atoms with Crippen molar-refractivity contribution in [3.05, 3.63) is 52.7 Å². The highest BCUT2D eigenvalue weighted by Gasteiger charge is 2.22. The number of H-pyrrole nitrogens is 1. The van der Waals surface area contributed by atoms with Crippen LogP contribution in [-0.4, -0.2) is 58.0 Å². The fourth-order valence-corrected chi connectivity index (χ4v) is 3.13. The van der Waals surface area contributed by atoms with Crippen LogP contribution in [0.4, 0.5) is 0 Å². The Bertz CT molecular complexity index is 924. The van der Waals surface area contributed by atoms with E-state index in [0.29, 0.717) is 31.6 Å². The molecule has 0 bridgehead atoms. The van der Waals surface area contributed by atoms with E-state index in [2.05, 4.69) is 10.3 Å². The third-order valence-electron chi connectivity index (χ3n) is 4.65. The molecule has 0 unspecified atom stereocenters. The van der Waals surface area contributed by atoms with Crippen molar-refractivity contribution in [1.29, 1.82) is 0 Å². The highest BCUT2D eigenvalue weighted by atomic mass is 16.5. The van der Waals surface area contributed by atoms with Gasteiger partial charge in [0.2, 0.25) is 5.91 Å². The van der Waals surface area contributed by atoms with E-state index in [1.807, 2.05) is 0 Å². The molecule has 0 saturated carbocycles. The highest BCUT2D eigenvalue weighted by Crippen LogP contribution is 2.11. The van der Waals surface area contributed by atoms with E-state index in [1.165, 1.54) is 23.8 Å². The molecule has 1 saturated heterocycles. The molecule has 0 spiro atoms. The van der Waals surface area contributed by atoms with Crippen molar-refractivity contribution < 1.29 is 19.1 Å². The number of ether oxygens (including phenoxy) is 1. The molecule has 9 heteroatoms. The monoisotopic (exact) mass is 386 g/mol. The van der Waals surface area contributed by atoms with Gasteiger partial charge in [0.25, 0.3) is 5.91 Å². The molecule has 1 aliphatic rings.